The van der Waals surface area contributed by atoms with Crippen molar-refractivity contribution in [1.29, 1.82) is 0 Å². The van der Waals surface area contributed by atoms with Gasteiger partial charge in [0.15, 0.2) is 0 Å². The van der Waals surface area contributed by atoms with E-state index in [1.165, 1.54) is 11.3 Å². The lowest BCUT2D eigenvalue weighted by Crippen LogP contribution is -2.24. The van der Waals surface area contributed by atoms with Gasteiger partial charge in [-0.1, -0.05) is 48.0 Å². The zero-order valence-electron chi connectivity index (χ0n) is 18.5. The number of hydrogen-bond donors (Lipinski definition) is 3. The van der Waals surface area contributed by atoms with Gasteiger partial charge < -0.3 is 16.0 Å². The van der Waals surface area contributed by atoms with Gasteiger partial charge in [0.2, 0.25) is 0 Å². The third kappa shape index (κ3) is 5.76. The average Bonchev–Trinajstić information content (AvgIpc) is 3.40. The highest BCUT2D eigenvalue weighted by molar-refractivity contribution is 7.12. The lowest BCUT2D eigenvalue weighted by atomic mass is 10.1. The molecule has 0 aliphatic heterocycles. The van der Waals surface area contributed by atoms with Crippen molar-refractivity contribution in [1.82, 2.24) is 5.32 Å². The van der Waals surface area contributed by atoms with Crippen molar-refractivity contribution in [2.45, 2.75) is 13.5 Å². The van der Waals surface area contributed by atoms with Crippen LogP contribution in [-0.2, 0) is 6.54 Å². The van der Waals surface area contributed by atoms with Crippen molar-refractivity contribution in [3.8, 4) is 0 Å². The molecule has 0 bridgehead atoms. The molecule has 0 radical (unpaired) electrons. The number of para-hydroxylation sites is 1. The lowest BCUT2D eigenvalue weighted by molar-refractivity contribution is 0.0951. The van der Waals surface area contributed by atoms with Crippen LogP contribution in [0.2, 0.25) is 0 Å². The number of carbonyl (C=O) groups excluding carboxylic acids is 3. The molecule has 0 saturated heterocycles. The number of amides is 3. The molecular weight excluding hydrogens is 446 g/mol. The molecule has 0 atom stereocenters. The van der Waals surface area contributed by atoms with Crippen LogP contribution in [0, 0.1) is 6.92 Å². The molecule has 1 aromatic heterocycles. The first-order chi connectivity index (χ1) is 16.5. The maximum absolute atomic E-state index is 12.8. The second kappa shape index (κ2) is 10.6. The first kappa shape index (κ1) is 22.9. The highest BCUT2D eigenvalue weighted by atomic mass is 32.1. The van der Waals surface area contributed by atoms with Gasteiger partial charge in [0, 0.05) is 17.8 Å². The molecule has 0 fully saturated rings. The highest BCUT2D eigenvalue weighted by Crippen LogP contribution is 2.18. The van der Waals surface area contributed by atoms with Crippen LogP contribution in [0.1, 0.15) is 41.5 Å². The summed E-state index contributed by atoms with van der Waals surface area (Å²) in [4.78, 5) is 38.3. The Morgan fingerprint density at radius 3 is 2.18 bits per heavy atom. The minimum absolute atomic E-state index is 0.197. The number of benzene rings is 3. The van der Waals surface area contributed by atoms with Crippen LogP contribution in [0.4, 0.5) is 11.4 Å². The van der Waals surface area contributed by atoms with Crippen molar-refractivity contribution in [3.05, 3.63) is 117 Å². The molecule has 0 saturated carbocycles. The van der Waals surface area contributed by atoms with Gasteiger partial charge in [0.25, 0.3) is 17.7 Å². The van der Waals surface area contributed by atoms with E-state index in [2.05, 4.69) is 16.0 Å². The zero-order valence-corrected chi connectivity index (χ0v) is 19.3. The van der Waals surface area contributed by atoms with Crippen molar-refractivity contribution in [3.63, 3.8) is 0 Å². The fraction of sp³-hybridized carbons (Fsp3) is 0.0741. The van der Waals surface area contributed by atoms with Gasteiger partial charge in [0.1, 0.15) is 0 Å². The predicted molar refractivity (Wildman–Crippen MR) is 135 cm³/mol. The minimum Gasteiger partial charge on any atom is -0.348 e. The number of nitrogens with one attached hydrogen (secondary N) is 3. The molecule has 7 heteroatoms. The molecule has 4 rings (SSSR count). The molecule has 3 amide bonds. The SMILES string of the molecule is Cc1ccc(CNC(=O)c2ccccc2NC(=O)c2ccc(NC(=O)c3cccs3)cc2)cc1. The Balaban J connectivity index is 1.39. The molecule has 3 aromatic carbocycles. The zero-order chi connectivity index (χ0) is 23.9. The number of hydrogen-bond acceptors (Lipinski definition) is 4. The molecule has 0 aliphatic carbocycles. The Bertz CT molecular complexity index is 1300. The average molecular weight is 470 g/mol. The fourth-order valence-corrected chi connectivity index (χ4v) is 3.89. The van der Waals surface area contributed by atoms with Gasteiger partial charge in [-0.25, -0.2) is 0 Å². The van der Waals surface area contributed by atoms with Gasteiger partial charge >= 0.3 is 0 Å². The fourth-order valence-electron chi connectivity index (χ4n) is 3.27. The second-order valence-electron chi connectivity index (χ2n) is 7.68. The van der Waals surface area contributed by atoms with E-state index in [0.717, 1.165) is 11.1 Å². The molecule has 6 nitrogen and oxygen atoms in total. The topological polar surface area (TPSA) is 87.3 Å². The van der Waals surface area contributed by atoms with Crippen LogP contribution in [0.25, 0.3) is 0 Å². The standard InChI is InChI=1S/C27H23N3O3S/c1-18-8-10-19(11-9-18)17-28-26(32)22-5-2-3-6-23(22)30-25(31)20-12-14-21(15-13-20)29-27(33)24-7-4-16-34-24/h2-16H,17H2,1H3,(H,28,32)(H,29,33)(H,30,31). The molecule has 0 spiro atoms. The van der Waals surface area contributed by atoms with Gasteiger partial charge in [-0.15, -0.1) is 11.3 Å². The summed E-state index contributed by atoms with van der Waals surface area (Å²) in [7, 11) is 0. The first-order valence-electron chi connectivity index (χ1n) is 10.7. The molecule has 1 heterocycles. The molecule has 3 N–H and O–H groups in total. The van der Waals surface area contributed by atoms with E-state index in [9.17, 15) is 14.4 Å². The molecule has 0 aliphatic rings. The second-order valence-corrected chi connectivity index (χ2v) is 8.62. The van der Waals surface area contributed by atoms with Crippen molar-refractivity contribution in [2.75, 3.05) is 10.6 Å². The summed E-state index contributed by atoms with van der Waals surface area (Å²) >= 11 is 1.36. The minimum atomic E-state index is -0.352. The van der Waals surface area contributed by atoms with Crippen LogP contribution in [-0.4, -0.2) is 17.7 Å². The molecule has 0 unspecified atom stereocenters. The third-order valence-corrected chi connectivity index (χ3v) is 6.01. The molecule has 34 heavy (non-hydrogen) atoms. The maximum atomic E-state index is 12.8. The van der Waals surface area contributed by atoms with Crippen LogP contribution < -0.4 is 16.0 Å². The van der Waals surface area contributed by atoms with Crippen LogP contribution >= 0.6 is 11.3 Å². The van der Waals surface area contributed by atoms with Gasteiger partial charge in [-0.3, -0.25) is 14.4 Å². The summed E-state index contributed by atoms with van der Waals surface area (Å²) in [5.74, 6) is -0.823. The van der Waals surface area contributed by atoms with E-state index in [0.29, 0.717) is 33.9 Å². The number of thiophene rings is 1. The Kier molecular flexibility index (Phi) is 7.15. The maximum Gasteiger partial charge on any atom is 0.265 e. The largest absolute Gasteiger partial charge is 0.348 e. The van der Waals surface area contributed by atoms with E-state index >= 15 is 0 Å². The van der Waals surface area contributed by atoms with Crippen molar-refractivity contribution >= 4 is 40.4 Å². The van der Waals surface area contributed by atoms with E-state index in [4.69, 9.17) is 0 Å². The Labute approximate surface area is 201 Å². The normalized spacial score (nSPS) is 10.4. The van der Waals surface area contributed by atoms with Gasteiger partial charge in [-0.05, 0) is 60.3 Å². The number of aryl methyl sites for hydroxylation is 1. The third-order valence-electron chi connectivity index (χ3n) is 5.14. The lowest BCUT2D eigenvalue weighted by Gasteiger charge is -2.12. The predicted octanol–water partition coefficient (Wildman–Crippen LogP) is 5.49. The van der Waals surface area contributed by atoms with Crippen molar-refractivity contribution < 1.29 is 14.4 Å². The van der Waals surface area contributed by atoms with E-state index in [1.807, 2.05) is 42.6 Å². The van der Waals surface area contributed by atoms with E-state index in [-0.39, 0.29) is 17.7 Å². The Morgan fingerprint density at radius 1 is 0.735 bits per heavy atom. The molecular formula is C27H23N3O3S. The van der Waals surface area contributed by atoms with Crippen LogP contribution in [0.15, 0.2) is 90.3 Å². The number of rotatable bonds is 7. The molecule has 170 valence electrons. The monoisotopic (exact) mass is 469 g/mol. The summed E-state index contributed by atoms with van der Waals surface area (Å²) in [6, 6.07) is 24.9. The summed E-state index contributed by atoms with van der Waals surface area (Å²) in [5.41, 5.74) is 3.94. The van der Waals surface area contributed by atoms with Gasteiger partial charge in [0.05, 0.1) is 16.1 Å². The van der Waals surface area contributed by atoms with E-state index in [1.54, 1.807) is 54.6 Å². The van der Waals surface area contributed by atoms with E-state index < -0.39 is 0 Å². The smallest absolute Gasteiger partial charge is 0.265 e. The van der Waals surface area contributed by atoms with Crippen molar-refractivity contribution in [2.24, 2.45) is 0 Å². The molecule has 4 aromatic rings. The number of carbonyl (C=O) groups is 3. The van der Waals surface area contributed by atoms with Gasteiger partial charge in [-0.2, -0.15) is 0 Å². The Hall–Kier alpha value is -4.23. The Morgan fingerprint density at radius 2 is 1.47 bits per heavy atom. The van der Waals surface area contributed by atoms with Crippen LogP contribution in [0.3, 0.4) is 0 Å². The summed E-state index contributed by atoms with van der Waals surface area (Å²) in [6.45, 7) is 2.40. The highest BCUT2D eigenvalue weighted by Gasteiger charge is 2.14. The quantitative estimate of drug-likeness (QED) is 0.334. The first-order valence-corrected chi connectivity index (χ1v) is 11.6. The summed E-state index contributed by atoms with van der Waals surface area (Å²) in [5, 5.41) is 10.3. The summed E-state index contributed by atoms with van der Waals surface area (Å²) in [6.07, 6.45) is 0. The number of anilines is 2. The van der Waals surface area contributed by atoms with Crippen LogP contribution in [0.5, 0.6) is 0 Å². The summed E-state index contributed by atoms with van der Waals surface area (Å²) < 4.78 is 0.